The second kappa shape index (κ2) is 8.50. The van der Waals surface area contributed by atoms with E-state index in [2.05, 4.69) is 24.1 Å². The normalized spacial score (nSPS) is 27.9. The summed E-state index contributed by atoms with van der Waals surface area (Å²) in [6, 6.07) is 0.758. The Morgan fingerprint density at radius 2 is 1.86 bits per heavy atom. The van der Waals surface area contributed by atoms with Crippen LogP contribution in [0.1, 0.15) is 65.2 Å². The van der Waals surface area contributed by atoms with Crippen molar-refractivity contribution in [2.45, 2.75) is 76.8 Å². The van der Waals surface area contributed by atoms with Crippen molar-refractivity contribution in [3.05, 3.63) is 0 Å². The molecule has 0 bridgehead atoms. The first kappa shape index (κ1) is 17.2. The second-order valence-electron chi connectivity index (χ2n) is 7.15. The van der Waals surface area contributed by atoms with Gasteiger partial charge in [-0.05, 0) is 38.0 Å². The van der Waals surface area contributed by atoms with Crippen LogP contribution in [0.15, 0.2) is 0 Å². The number of nitrogens with zero attached hydrogens (tertiary/aromatic N) is 1. The third-order valence-electron chi connectivity index (χ3n) is 6.00. The van der Waals surface area contributed by atoms with Crippen LogP contribution >= 0.6 is 0 Å². The van der Waals surface area contributed by atoms with Gasteiger partial charge in [0.1, 0.15) is 0 Å². The zero-order valence-corrected chi connectivity index (χ0v) is 14.5. The molecule has 1 unspecified atom stereocenters. The van der Waals surface area contributed by atoms with Crippen molar-refractivity contribution in [3.8, 4) is 0 Å². The highest BCUT2D eigenvalue weighted by Crippen LogP contribution is 2.33. The largest absolute Gasteiger partial charge is 0.385 e. The molecular formula is C18H36N2O. The molecule has 1 saturated heterocycles. The van der Waals surface area contributed by atoms with Crippen molar-refractivity contribution < 1.29 is 4.74 Å². The molecule has 3 heteroatoms. The molecule has 2 fully saturated rings. The van der Waals surface area contributed by atoms with E-state index < -0.39 is 0 Å². The lowest BCUT2D eigenvalue weighted by molar-refractivity contribution is 0.0268. The molecule has 0 spiro atoms. The van der Waals surface area contributed by atoms with Gasteiger partial charge in [0.05, 0.1) is 0 Å². The van der Waals surface area contributed by atoms with E-state index in [0.29, 0.717) is 5.54 Å². The Bertz CT molecular complexity index is 285. The fourth-order valence-corrected chi connectivity index (χ4v) is 4.38. The molecule has 1 aliphatic carbocycles. The van der Waals surface area contributed by atoms with Gasteiger partial charge in [0.2, 0.25) is 0 Å². The SMILES string of the molecule is CCC1(CC)CN(CCCOC)C(C2CCCCC2)CN1. The van der Waals surface area contributed by atoms with Crippen molar-refractivity contribution in [2.24, 2.45) is 5.92 Å². The summed E-state index contributed by atoms with van der Waals surface area (Å²) in [6.45, 7) is 9.20. The predicted molar refractivity (Wildman–Crippen MR) is 89.7 cm³/mol. The van der Waals surface area contributed by atoms with Gasteiger partial charge < -0.3 is 10.1 Å². The maximum Gasteiger partial charge on any atom is 0.0474 e. The average Bonchev–Trinajstić information content (AvgIpc) is 2.56. The van der Waals surface area contributed by atoms with E-state index in [9.17, 15) is 0 Å². The van der Waals surface area contributed by atoms with E-state index >= 15 is 0 Å². The lowest BCUT2D eigenvalue weighted by Crippen LogP contribution is -2.65. The summed E-state index contributed by atoms with van der Waals surface area (Å²) < 4.78 is 5.28. The summed E-state index contributed by atoms with van der Waals surface area (Å²) in [5, 5.41) is 3.93. The third-order valence-corrected chi connectivity index (χ3v) is 6.00. The fourth-order valence-electron chi connectivity index (χ4n) is 4.38. The molecule has 21 heavy (non-hydrogen) atoms. The van der Waals surface area contributed by atoms with Gasteiger partial charge in [0, 0.05) is 44.9 Å². The third kappa shape index (κ3) is 4.43. The van der Waals surface area contributed by atoms with Crippen molar-refractivity contribution in [2.75, 3.05) is 33.4 Å². The van der Waals surface area contributed by atoms with E-state index in [-0.39, 0.29) is 0 Å². The first-order chi connectivity index (χ1) is 10.2. The molecule has 1 saturated carbocycles. The van der Waals surface area contributed by atoms with Crippen LogP contribution in [0.5, 0.6) is 0 Å². The first-order valence-corrected chi connectivity index (χ1v) is 9.22. The van der Waals surface area contributed by atoms with E-state index in [1.807, 2.05) is 7.11 Å². The van der Waals surface area contributed by atoms with Gasteiger partial charge in [-0.3, -0.25) is 4.90 Å². The van der Waals surface area contributed by atoms with Gasteiger partial charge in [-0.25, -0.2) is 0 Å². The zero-order valence-electron chi connectivity index (χ0n) is 14.5. The number of rotatable bonds is 7. The minimum atomic E-state index is 0.345. The van der Waals surface area contributed by atoms with Gasteiger partial charge >= 0.3 is 0 Å². The van der Waals surface area contributed by atoms with Crippen LogP contribution in [0, 0.1) is 5.92 Å². The van der Waals surface area contributed by atoms with Crippen molar-refractivity contribution in [1.82, 2.24) is 10.2 Å². The molecule has 1 N–H and O–H groups in total. The molecule has 0 aromatic rings. The van der Waals surface area contributed by atoms with Gasteiger partial charge in [0.15, 0.2) is 0 Å². The quantitative estimate of drug-likeness (QED) is 0.728. The van der Waals surface area contributed by atoms with E-state index in [0.717, 1.165) is 18.6 Å². The van der Waals surface area contributed by atoms with Crippen LogP contribution in [0.2, 0.25) is 0 Å². The number of methoxy groups -OCH3 is 1. The molecule has 0 radical (unpaired) electrons. The topological polar surface area (TPSA) is 24.5 Å². The molecule has 0 aromatic carbocycles. The van der Waals surface area contributed by atoms with Crippen molar-refractivity contribution >= 4 is 0 Å². The molecule has 2 rings (SSSR count). The molecule has 0 amide bonds. The monoisotopic (exact) mass is 296 g/mol. The number of hydrogen-bond donors (Lipinski definition) is 1. The van der Waals surface area contributed by atoms with Crippen LogP contribution < -0.4 is 5.32 Å². The molecule has 2 aliphatic rings. The minimum Gasteiger partial charge on any atom is -0.385 e. The predicted octanol–water partition coefficient (Wildman–Crippen LogP) is 3.44. The average molecular weight is 296 g/mol. The summed E-state index contributed by atoms with van der Waals surface area (Å²) in [5.74, 6) is 0.917. The van der Waals surface area contributed by atoms with Crippen LogP contribution in [0.3, 0.4) is 0 Å². The molecule has 1 atom stereocenters. The fraction of sp³-hybridized carbons (Fsp3) is 1.00. The summed E-state index contributed by atoms with van der Waals surface area (Å²) in [4.78, 5) is 2.80. The lowest BCUT2D eigenvalue weighted by Gasteiger charge is -2.50. The van der Waals surface area contributed by atoms with Crippen LogP contribution in [0.4, 0.5) is 0 Å². The molecule has 0 aromatic heterocycles. The number of piperazine rings is 1. The van der Waals surface area contributed by atoms with E-state index in [4.69, 9.17) is 4.74 Å². The number of ether oxygens (including phenoxy) is 1. The molecule has 124 valence electrons. The maximum atomic E-state index is 5.28. The Morgan fingerprint density at radius 1 is 1.14 bits per heavy atom. The standard InChI is InChI=1S/C18H36N2O/c1-4-18(5-2)15-20(12-9-13-21-3)17(14-19-18)16-10-7-6-8-11-16/h16-17,19H,4-15H2,1-3H3. The lowest BCUT2D eigenvalue weighted by atomic mass is 9.79. The molecule has 3 nitrogen and oxygen atoms in total. The second-order valence-corrected chi connectivity index (χ2v) is 7.15. The summed E-state index contributed by atoms with van der Waals surface area (Å²) in [5.41, 5.74) is 0.345. The van der Waals surface area contributed by atoms with Crippen molar-refractivity contribution in [3.63, 3.8) is 0 Å². The number of nitrogens with one attached hydrogen (secondary N) is 1. The minimum absolute atomic E-state index is 0.345. The van der Waals surface area contributed by atoms with Crippen LogP contribution in [-0.4, -0.2) is 49.8 Å². The van der Waals surface area contributed by atoms with Gasteiger partial charge in [-0.2, -0.15) is 0 Å². The Kier molecular flexibility index (Phi) is 6.97. The highest BCUT2D eigenvalue weighted by atomic mass is 16.5. The van der Waals surface area contributed by atoms with Gasteiger partial charge in [0.25, 0.3) is 0 Å². The summed E-state index contributed by atoms with van der Waals surface area (Å²) in [6.07, 6.45) is 10.9. The summed E-state index contributed by atoms with van der Waals surface area (Å²) in [7, 11) is 1.82. The highest BCUT2D eigenvalue weighted by Gasteiger charge is 2.39. The van der Waals surface area contributed by atoms with Gasteiger partial charge in [-0.1, -0.05) is 33.1 Å². The van der Waals surface area contributed by atoms with E-state index in [1.54, 1.807) is 0 Å². The Labute approximate surface area is 131 Å². The first-order valence-electron chi connectivity index (χ1n) is 9.22. The Hall–Kier alpha value is -0.120. The van der Waals surface area contributed by atoms with Crippen LogP contribution in [-0.2, 0) is 4.74 Å². The molecular weight excluding hydrogens is 260 g/mol. The Balaban J connectivity index is 2.00. The zero-order chi connectivity index (χ0) is 15.1. The maximum absolute atomic E-state index is 5.28. The van der Waals surface area contributed by atoms with Crippen LogP contribution in [0.25, 0.3) is 0 Å². The smallest absolute Gasteiger partial charge is 0.0474 e. The summed E-state index contributed by atoms with van der Waals surface area (Å²) >= 11 is 0. The van der Waals surface area contributed by atoms with E-state index in [1.165, 1.54) is 71.0 Å². The molecule has 1 heterocycles. The Morgan fingerprint density at radius 3 is 2.48 bits per heavy atom. The number of hydrogen-bond acceptors (Lipinski definition) is 3. The van der Waals surface area contributed by atoms with Gasteiger partial charge in [-0.15, -0.1) is 0 Å². The van der Waals surface area contributed by atoms with Crippen molar-refractivity contribution in [1.29, 1.82) is 0 Å². The highest BCUT2D eigenvalue weighted by molar-refractivity contribution is 4.98. The molecule has 1 aliphatic heterocycles.